The van der Waals surface area contributed by atoms with Crippen molar-refractivity contribution in [3.63, 3.8) is 0 Å². The zero-order valence-electron chi connectivity index (χ0n) is 13.2. The Morgan fingerprint density at radius 3 is 2.80 bits per heavy atom. The van der Waals surface area contributed by atoms with Crippen LogP contribution in [-0.2, 0) is 6.54 Å². The summed E-state index contributed by atoms with van der Waals surface area (Å²) in [6.07, 6.45) is 5.87. The minimum Gasteiger partial charge on any atom is -0.491 e. The number of hydrogen-bond acceptors (Lipinski definition) is 2. The third kappa shape index (κ3) is 4.82. The summed E-state index contributed by atoms with van der Waals surface area (Å²) in [4.78, 5) is 0. The fourth-order valence-electron chi connectivity index (χ4n) is 3.10. The lowest BCUT2D eigenvalue weighted by molar-refractivity contribution is 0.241. The summed E-state index contributed by atoms with van der Waals surface area (Å²) in [6, 6.07) is 8.44. The highest BCUT2D eigenvalue weighted by Gasteiger charge is 2.20. The molecule has 0 aromatic heterocycles. The first-order valence-corrected chi connectivity index (χ1v) is 8.11. The van der Waals surface area contributed by atoms with Crippen molar-refractivity contribution < 1.29 is 4.74 Å². The molecule has 2 rings (SSSR count). The van der Waals surface area contributed by atoms with E-state index in [1.165, 1.54) is 31.2 Å². The molecule has 1 aliphatic rings. The van der Waals surface area contributed by atoms with Crippen molar-refractivity contribution in [1.82, 2.24) is 5.32 Å². The first-order chi connectivity index (χ1) is 9.65. The van der Waals surface area contributed by atoms with Crippen molar-refractivity contribution in [2.75, 3.05) is 6.54 Å². The fourth-order valence-corrected chi connectivity index (χ4v) is 3.10. The molecule has 2 heteroatoms. The molecule has 0 radical (unpaired) electrons. The minimum atomic E-state index is 0.237. The number of nitrogens with one attached hydrogen (secondary N) is 1. The summed E-state index contributed by atoms with van der Waals surface area (Å²) in [5.41, 5.74) is 1.31. The Labute approximate surface area is 123 Å². The summed E-state index contributed by atoms with van der Waals surface area (Å²) in [6.45, 7) is 8.63. The third-order valence-electron chi connectivity index (χ3n) is 4.30. The van der Waals surface area contributed by atoms with Crippen LogP contribution in [-0.4, -0.2) is 12.6 Å². The van der Waals surface area contributed by atoms with Crippen LogP contribution in [0.15, 0.2) is 24.3 Å². The molecular formula is C18H29NO. The second-order valence-corrected chi connectivity index (χ2v) is 6.47. The lowest BCUT2D eigenvalue weighted by Crippen LogP contribution is -2.29. The average molecular weight is 275 g/mol. The molecule has 0 aliphatic heterocycles. The molecule has 112 valence electrons. The SMILES string of the molecule is CC(C)Oc1cccc(CNCC2CCCCC2C)c1. The maximum Gasteiger partial charge on any atom is 0.120 e. The largest absolute Gasteiger partial charge is 0.491 e. The monoisotopic (exact) mass is 275 g/mol. The van der Waals surface area contributed by atoms with Gasteiger partial charge >= 0.3 is 0 Å². The van der Waals surface area contributed by atoms with Crippen LogP contribution in [0, 0.1) is 11.8 Å². The van der Waals surface area contributed by atoms with E-state index in [1.54, 1.807) is 0 Å². The first kappa shape index (κ1) is 15.4. The maximum absolute atomic E-state index is 5.74. The summed E-state index contributed by atoms with van der Waals surface area (Å²) in [5.74, 6) is 2.72. The van der Waals surface area contributed by atoms with E-state index in [9.17, 15) is 0 Å². The Balaban J connectivity index is 1.78. The Morgan fingerprint density at radius 1 is 1.25 bits per heavy atom. The van der Waals surface area contributed by atoms with Crippen LogP contribution in [0.25, 0.3) is 0 Å². The van der Waals surface area contributed by atoms with Gasteiger partial charge in [-0.3, -0.25) is 0 Å². The van der Waals surface area contributed by atoms with Gasteiger partial charge < -0.3 is 10.1 Å². The van der Waals surface area contributed by atoms with E-state index in [-0.39, 0.29) is 6.10 Å². The second-order valence-electron chi connectivity index (χ2n) is 6.47. The maximum atomic E-state index is 5.74. The molecule has 1 N–H and O–H groups in total. The zero-order chi connectivity index (χ0) is 14.4. The van der Waals surface area contributed by atoms with E-state index < -0.39 is 0 Å². The van der Waals surface area contributed by atoms with Gasteiger partial charge in [0.05, 0.1) is 6.10 Å². The predicted molar refractivity (Wildman–Crippen MR) is 85.0 cm³/mol. The van der Waals surface area contributed by atoms with E-state index in [0.717, 1.165) is 30.7 Å². The van der Waals surface area contributed by atoms with Crippen molar-refractivity contribution >= 4 is 0 Å². The molecule has 2 unspecified atom stereocenters. The lowest BCUT2D eigenvalue weighted by Gasteiger charge is -2.28. The molecule has 20 heavy (non-hydrogen) atoms. The number of rotatable bonds is 6. The van der Waals surface area contributed by atoms with Crippen LogP contribution >= 0.6 is 0 Å². The number of hydrogen-bond donors (Lipinski definition) is 1. The Morgan fingerprint density at radius 2 is 2.05 bits per heavy atom. The zero-order valence-corrected chi connectivity index (χ0v) is 13.2. The molecular weight excluding hydrogens is 246 g/mol. The van der Waals surface area contributed by atoms with E-state index in [4.69, 9.17) is 4.74 Å². The van der Waals surface area contributed by atoms with Crippen LogP contribution in [0.5, 0.6) is 5.75 Å². The first-order valence-electron chi connectivity index (χ1n) is 8.11. The van der Waals surface area contributed by atoms with Gasteiger partial charge in [0.2, 0.25) is 0 Å². The van der Waals surface area contributed by atoms with Crippen LogP contribution in [0.2, 0.25) is 0 Å². The summed E-state index contributed by atoms with van der Waals surface area (Å²) in [5, 5.41) is 3.63. The quantitative estimate of drug-likeness (QED) is 0.831. The van der Waals surface area contributed by atoms with Crippen molar-refractivity contribution in [3.05, 3.63) is 29.8 Å². The summed E-state index contributed by atoms with van der Waals surface area (Å²) in [7, 11) is 0. The normalized spacial score (nSPS) is 23.0. The molecule has 0 heterocycles. The predicted octanol–water partition coefficient (Wildman–Crippen LogP) is 4.39. The van der Waals surface area contributed by atoms with E-state index in [1.807, 2.05) is 6.07 Å². The van der Waals surface area contributed by atoms with Gasteiger partial charge in [-0.2, -0.15) is 0 Å². The molecule has 0 saturated heterocycles. The van der Waals surface area contributed by atoms with Crippen molar-refractivity contribution in [3.8, 4) is 5.75 Å². The van der Waals surface area contributed by atoms with Gasteiger partial charge in [0.25, 0.3) is 0 Å². The van der Waals surface area contributed by atoms with E-state index >= 15 is 0 Å². The summed E-state index contributed by atoms with van der Waals surface area (Å²) < 4.78 is 5.74. The van der Waals surface area contributed by atoms with Gasteiger partial charge in [0.1, 0.15) is 5.75 Å². The van der Waals surface area contributed by atoms with Crippen LogP contribution in [0.3, 0.4) is 0 Å². The summed E-state index contributed by atoms with van der Waals surface area (Å²) >= 11 is 0. The molecule has 1 aromatic carbocycles. The van der Waals surface area contributed by atoms with Gasteiger partial charge in [0.15, 0.2) is 0 Å². The molecule has 1 saturated carbocycles. The lowest BCUT2D eigenvalue weighted by atomic mass is 9.80. The Hall–Kier alpha value is -1.02. The van der Waals surface area contributed by atoms with Crippen LogP contribution in [0.4, 0.5) is 0 Å². The average Bonchev–Trinajstić information content (AvgIpc) is 2.41. The standard InChI is InChI=1S/C18H29NO/c1-14(2)20-18-10-6-8-16(11-18)12-19-13-17-9-5-4-7-15(17)3/h6,8,10-11,14-15,17,19H,4-5,7,9,12-13H2,1-3H3. The van der Waals surface area contributed by atoms with Gasteiger partial charge in [-0.15, -0.1) is 0 Å². The van der Waals surface area contributed by atoms with Crippen LogP contribution in [0.1, 0.15) is 52.0 Å². The van der Waals surface area contributed by atoms with E-state index in [2.05, 4.69) is 44.3 Å². The van der Waals surface area contributed by atoms with Gasteiger partial charge in [-0.05, 0) is 56.3 Å². The van der Waals surface area contributed by atoms with Gasteiger partial charge in [-0.1, -0.05) is 38.3 Å². The van der Waals surface area contributed by atoms with Gasteiger partial charge in [-0.25, -0.2) is 0 Å². The molecule has 1 aliphatic carbocycles. The molecule has 0 spiro atoms. The Kier molecular flexibility index (Phi) is 5.90. The topological polar surface area (TPSA) is 21.3 Å². The number of ether oxygens (including phenoxy) is 1. The molecule has 0 amide bonds. The highest BCUT2D eigenvalue weighted by molar-refractivity contribution is 5.28. The smallest absolute Gasteiger partial charge is 0.120 e. The Bertz CT molecular complexity index is 402. The molecule has 0 bridgehead atoms. The van der Waals surface area contributed by atoms with Crippen molar-refractivity contribution in [2.45, 2.75) is 59.1 Å². The van der Waals surface area contributed by atoms with Crippen LogP contribution < -0.4 is 10.1 Å². The molecule has 2 nitrogen and oxygen atoms in total. The fraction of sp³-hybridized carbons (Fsp3) is 0.667. The second kappa shape index (κ2) is 7.68. The van der Waals surface area contributed by atoms with E-state index in [0.29, 0.717) is 0 Å². The minimum absolute atomic E-state index is 0.237. The molecule has 1 fully saturated rings. The van der Waals surface area contributed by atoms with Gasteiger partial charge in [0, 0.05) is 6.54 Å². The highest BCUT2D eigenvalue weighted by Crippen LogP contribution is 2.28. The van der Waals surface area contributed by atoms with Crippen molar-refractivity contribution in [1.29, 1.82) is 0 Å². The third-order valence-corrected chi connectivity index (χ3v) is 4.30. The number of benzene rings is 1. The highest BCUT2D eigenvalue weighted by atomic mass is 16.5. The van der Waals surface area contributed by atoms with Crippen molar-refractivity contribution in [2.24, 2.45) is 11.8 Å². The molecule has 2 atom stereocenters. The molecule has 1 aromatic rings.